The molecule has 2 rings (SSSR count). The van der Waals surface area contributed by atoms with Gasteiger partial charge in [-0.15, -0.1) is 0 Å². The number of carbonyl (C=O) groups excluding carboxylic acids is 2. The molecule has 0 radical (unpaired) electrons. The van der Waals surface area contributed by atoms with Crippen LogP contribution >= 0.6 is 11.8 Å². The van der Waals surface area contributed by atoms with Gasteiger partial charge in [-0.05, 0) is 30.5 Å². The number of thioether (sulfide) groups is 1. The number of benzene rings is 1. The first kappa shape index (κ1) is 14.6. The molecular weight excluding hydrogens is 281 g/mol. The zero-order valence-corrected chi connectivity index (χ0v) is 11.9. The molecule has 0 bridgehead atoms. The lowest BCUT2D eigenvalue weighted by molar-refractivity contribution is -0.122. The van der Waals surface area contributed by atoms with Crippen molar-refractivity contribution in [1.82, 2.24) is 10.6 Å². The third kappa shape index (κ3) is 3.41. The van der Waals surface area contributed by atoms with E-state index in [1.165, 1.54) is 29.2 Å². The van der Waals surface area contributed by atoms with E-state index < -0.39 is 6.04 Å². The Morgan fingerprint density at radius 2 is 2.20 bits per heavy atom. The van der Waals surface area contributed by atoms with Gasteiger partial charge in [0.25, 0.3) is 0 Å². The normalized spacial score (nSPS) is 18.0. The first-order chi connectivity index (χ1) is 9.61. The van der Waals surface area contributed by atoms with Crippen LogP contribution in [0.25, 0.3) is 0 Å². The van der Waals surface area contributed by atoms with E-state index in [4.69, 9.17) is 0 Å². The van der Waals surface area contributed by atoms with Crippen LogP contribution in [0.3, 0.4) is 0 Å². The molecule has 1 atom stereocenters. The van der Waals surface area contributed by atoms with Crippen molar-refractivity contribution in [2.45, 2.75) is 6.04 Å². The monoisotopic (exact) mass is 297 g/mol. The Morgan fingerprint density at radius 3 is 2.85 bits per heavy atom. The van der Waals surface area contributed by atoms with Gasteiger partial charge in [-0.2, -0.15) is 11.8 Å². The number of halogens is 1. The molecule has 0 spiro atoms. The van der Waals surface area contributed by atoms with Crippen LogP contribution in [-0.4, -0.2) is 43.1 Å². The Balaban J connectivity index is 1.96. The number of amides is 3. The molecule has 20 heavy (non-hydrogen) atoms. The van der Waals surface area contributed by atoms with Crippen molar-refractivity contribution in [1.29, 1.82) is 0 Å². The lowest BCUT2D eigenvalue weighted by Gasteiger charge is -2.14. The van der Waals surface area contributed by atoms with E-state index in [1.807, 2.05) is 6.26 Å². The van der Waals surface area contributed by atoms with E-state index in [1.54, 1.807) is 11.8 Å². The predicted molar refractivity (Wildman–Crippen MR) is 77.5 cm³/mol. The van der Waals surface area contributed by atoms with E-state index in [9.17, 15) is 14.0 Å². The largest absolute Gasteiger partial charge is 0.353 e. The summed E-state index contributed by atoms with van der Waals surface area (Å²) in [6, 6.07) is 4.69. The highest BCUT2D eigenvalue weighted by atomic mass is 32.2. The lowest BCUT2D eigenvalue weighted by Crippen LogP contribution is -2.43. The molecule has 2 N–H and O–H groups in total. The van der Waals surface area contributed by atoms with Gasteiger partial charge in [0.2, 0.25) is 5.91 Å². The summed E-state index contributed by atoms with van der Waals surface area (Å²) in [7, 11) is 0. The van der Waals surface area contributed by atoms with E-state index in [2.05, 4.69) is 10.6 Å². The van der Waals surface area contributed by atoms with Gasteiger partial charge in [0.05, 0.1) is 6.54 Å². The second-order valence-electron chi connectivity index (χ2n) is 4.37. The molecular formula is C13H16FN3O2S. The molecule has 1 aliphatic rings. The van der Waals surface area contributed by atoms with Crippen molar-refractivity contribution in [3.8, 4) is 0 Å². The van der Waals surface area contributed by atoms with Gasteiger partial charge in [0, 0.05) is 18.0 Å². The maximum Gasteiger partial charge on any atom is 0.322 e. The summed E-state index contributed by atoms with van der Waals surface area (Å²) < 4.78 is 12.9. The minimum absolute atomic E-state index is 0.197. The third-order valence-electron chi connectivity index (χ3n) is 2.97. The number of nitrogens with one attached hydrogen (secondary N) is 2. The minimum atomic E-state index is -0.575. The van der Waals surface area contributed by atoms with Crippen LogP contribution < -0.4 is 15.5 Å². The van der Waals surface area contributed by atoms with Crippen molar-refractivity contribution in [3.63, 3.8) is 0 Å². The molecule has 5 nitrogen and oxygen atoms in total. The Labute approximate surface area is 120 Å². The maximum atomic E-state index is 12.9. The molecule has 1 aromatic rings. The van der Waals surface area contributed by atoms with E-state index >= 15 is 0 Å². The highest BCUT2D eigenvalue weighted by Crippen LogP contribution is 2.18. The number of rotatable bonds is 5. The predicted octanol–water partition coefficient (Wildman–Crippen LogP) is 1.20. The third-order valence-corrected chi connectivity index (χ3v) is 3.58. The van der Waals surface area contributed by atoms with E-state index in [0.29, 0.717) is 12.2 Å². The van der Waals surface area contributed by atoms with Crippen molar-refractivity contribution in [3.05, 3.63) is 30.1 Å². The van der Waals surface area contributed by atoms with Crippen LogP contribution in [0.5, 0.6) is 0 Å². The first-order valence-electron chi connectivity index (χ1n) is 6.22. The Morgan fingerprint density at radius 1 is 1.50 bits per heavy atom. The summed E-state index contributed by atoms with van der Waals surface area (Å²) in [6.07, 6.45) is 1.96. The smallest absolute Gasteiger partial charge is 0.322 e. The fraction of sp³-hybridized carbons (Fsp3) is 0.385. The lowest BCUT2D eigenvalue weighted by atomic mass is 10.2. The molecule has 1 unspecified atom stereocenters. The standard InChI is InChI=1S/C13H16FN3O2S/c1-20-7-6-15-12(18)11-8-17(13(19)16-11)10-4-2-9(14)3-5-10/h2-5,11H,6-8H2,1H3,(H,15,18)(H,16,19). The molecule has 1 aliphatic heterocycles. The van der Waals surface area contributed by atoms with Crippen molar-refractivity contribution in [2.75, 3.05) is 30.0 Å². The van der Waals surface area contributed by atoms with Crippen molar-refractivity contribution >= 4 is 29.4 Å². The molecule has 108 valence electrons. The number of hydrogen-bond donors (Lipinski definition) is 2. The van der Waals surface area contributed by atoms with Gasteiger partial charge < -0.3 is 10.6 Å². The minimum Gasteiger partial charge on any atom is -0.353 e. The fourth-order valence-electron chi connectivity index (χ4n) is 1.93. The number of urea groups is 1. The molecule has 7 heteroatoms. The summed E-state index contributed by atoms with van der Waals surface area (Å²) in [5.74, 6) is 0.269. The second-order valence-corrected chi connectivity index (χ2v) is 5.36. The van der Waals surface area contributed by atoms with E-state index in [-0.39, 0.29) is 24.3 Å². The molecule has 0 aliphatic carbocycles. The molecule has 0 saturated carbocycles. The van der Waals surface area contributed by atoms with Crippen LogP contribution in [0, 0.1) is 5.82 Å². The molecule has 1 saturated heterocycles. The van der Waals surface area contributed by atoms with Crippen LogP contribution in [-0.2, 0) is 4.79 Å². The maximum absolute atomic E-state index is 12.9. The van der Waals surface area contributed by atoms with Gasteiger partial charge in [-0.25, -0.2) is 9.18 Å². The van der Waals surface area contributed by atoms with Gasteiger partial charge in [0.1, 0.15) is 11.9 Å². The van der Waals surface area contributed by atoms with Gasteiger partial charge in [-0.1, -0.05) is 0 Å². The fourth-order valence-corrected chi connectivity index (χ4v) is 2.24. The molecule has 1 fully saturated rings. The first-order valence-corrected chi connectivity index (χ1v) is 7.61. The van der Waals surface area contributed by atoms with Crippen LogP contribution in [0.2, 0.25) is 0 Å². The Kier molecular flexibility index (Phi) is 4.84. The summed E-state index contributed by atoms with van der Waals surface area (Å²) in [6.45, 7) is 0.818. The van der Waals surface area contributed by atoms with Gasteiger partial charge in [0.15, 0.2) is 0 Å². The summed E-state index contributed by atoms with van der Waals surface area (Å²) in [5, 5.41) is 5.38. The quantitative estimate of drug-likeness (QED) is 0.803. The summed E-state index contributed by atoms with van der Waals surface area (Å²) >= 11 is 1.64. The van der Waals surface area contributed by atoms with Crippen LogP contribution in [0.1, 0.15) is 0 Å². The SMILES string of the molecule is CSCCNC(=O)C1CN(c2ccc(F)cc2)C(=O)N1. The number of carbonyl (C=O) groups is 2. The average molecular weight is 297 g/mol. The van der Waals surface area contributed by atoms with Crippen LogP contribution in [0.4, 0.5) is 14.9 Å². The Bertz CT molecular complexity index is 495. The average Bonchev–Trinajstić information content (AvgIpc) is 2.82. The van der Waals surface area contributed by atoms with Gasteiger partial charge >= 0.3 is 6.03 Å². The molecule has 3 amide bonds. The zero-order chi connectivity index (χ0) is 14.5. The molecule has 0 aromatic heterocycles. The summed E-state index contributed by atoms with van der Waals surface area (Å²) in [5.41, 5.74) is 0.573. The van der Waals surface area contributed by atoms with E-state index in [0.717, 1.165) is 5.75 Å². The number of anilines is 1. The number of nitrogens with zero attached hydrogens (tertiary/aromatic N) is 1. The molecule has 1 heterocycles. The van der Waals surface area contributed by atoms with Crippen molar-refractivity contribution < 1.29 is 14.0 Å². The second kappa shape index (κ2) is 6.60. The highest BCUT2D eigenvalue weighted by molar-refractivity contribution is 7.98. The Hall–Kier alpha value is -1.76. The van der Waals surface area contributed by atoms with Crippen LogP contribution in [0.15, 0.2) is 24.3 Å². The topological polar surface area (TPSA) is 61.4 Å². The summed E-state index contributed by atoms with van der Waals surface area (Å²) in [4.78, 5) is 25.1. The van der Waals surface area contributed by atoms with Gasteiger partial charge in [-0.3, -0.25) is 9.69 Å². The molecule has 1 aromatic carbocycles. The highest BCUT2D eigenvalue weighted by Gasteiger charge is 2.34. The number of hydrogen-bond acceptors (Lipinski definition) is 3. The zero-order valence-electron chi connectivity index (χ0n) is 11.1. The van der Waals surface area contributed by atoms with Crippen molar-refractivity contribution in [2.24, 2.45) is 0 Å².